The molecule has 31 heavy (non-hydrogen) atoms. The summed E-state index contributed by atoms with van der Waals surface area (Å²) in [7, 11) is 0. The molecule has 0 saturated carbocycles. The SMILES string of the molecule is CCC(C)C(N)C(=O)N1CCCC1C(=O)NC(C(=O)NC(CC(C)C)C(=O)O)C(C)O. The number of nitrogens with one attached hydrogen (secondary N) is 2. The summed E-state index contributed by atoms with van der Waals surface area (Å²) in [6.45, 7) is 9.18. The van der Waals surface area contributed by atoms with Crippen LogP contribution in [-0.4, -0.2) is 75.6 Å². The lowest BCUT2D eigenvalue weighted by molar-refractivity contribution is -0.144. The quantitative estimate of drug-likeness (QED) is 0.297. The van der Waals surface area contributed by atoms with Crippen LogP contribution in [0.1, 0.15) is 60.3 Å². The van der Waals surface area contributed by atoms with Crippen LogP contribution in [0.15, 0.2) is 0 Å². The van der Waals surface area contributed by atoms with E-state index in [-0.39, 0.29) is 24.2 Å². The largest absolute Gasteiger partial charge is 0.480 e. The molecular weight excluding hydrogens is 404 g/mol. The molecule has 1 heterocycles. The Balaban J connectivity index is 2.89. The Bertz CT molecular complexity index is 654. The average Bonchev–Trinajstić information content (AvgIpc) is 3.18. The van der Waals surface area contributed by atoms with Crippen molar-refractivity contribution < 1.29 is 29.4 Å². The van der Waals surface area contributed by atoms with E-state index in [4.69, 9.17) is 5.73 Å². The molecule has 1 aliphatic rings. The van der Waals surface area contributed by atoms with Crippen molar-refractivity contribution in [3.05, 3.63) is 0 Å². The van der Waals surface area contributed by atoms with E-state index in [1.54, 1.807) is 0 Å². The van der Waals surface area contributed by atoms with Crippen LogP contribution in [0, 0.1) is 11.8 Å². The van der Waals surface area contributed by atoms with Crippen LogP contribution in [0.2, 0.25) is 0 Å². The van der Waals surface area contributed by atoms with Crippen LogP contribution < -0.4 is 16.4 Å². The van der Waals surface area contributed by atoms with Gasteiger partial charge in [0.1, 0.15) is 18.1 Å². The lowest BCUT2D eigenvalue weighted by Crippen LogP contribution is -2.59. The first-order valence-electron chi connectivity index (χ1n) is 11.0. The third kappa shape index (κ3) is 7.46. The molecule has 0 aliphatic carbocycles. The second-order valence-electron chi connectivity index (χ2n) is 8.86. The highest BCUT2D eigenvalue weighted by Crippen LogP contribution is 2.21. The predicted molar refractivity (Wildman–Crippen MR) is 115 cm³/mol. The minimum absolute atomic E-state index is 0.0220. The zero-order valence-electron chi connectivity index (χ0n) is 19.1. The molecule has 178 valence electrons. The molecule has 1 fully saturated rings. The lowest BCUT2D eigenvalue weighted by atomic mass is 9.98. The smallest absolute Gasteiger partial charge is 0.326 e. The molecule has 1 saturated heterocycles. The van der Waals surface area contributed by atoms with E-state index >= 15 is 0 Å². The van der Waals surface area contributed by atoms with Gasteiger partial charge in [0.05, 0.1) is 12.1 Å². The number of hydrogen-bond acceptors (Lipinski definition) is 6. The van der Waals surface area contributed by atoms with E-state index in [9.17, 15) is 29.4 Å². The summed E-state index contributed by atoms with van der Waals surface area (Å²) in [5.74, 6) is -2.88. The second-order valence-corrected chi connectivity index (χ2v) is 8.86. The van der Waals surface area contributed by atoms with Gasteiger partial charge >= 0.3 is 5.97 Å². The molecule has 0 aromatic carbocycles. The molecule has 6 atom stereocenters. The van der Waals surface area contributed by atoms with Gasteiger partial charge < -0.3 is 31.5 Å². The summed E-state index contributed by atoms with van der Waals surface area (Å²) in [5, 5.41) is 24.3. The standard InChI is InChI=1S/C21H38N4O6/c1-6-12(4)16(22)20(29)25-9-7-8-15(25)18(27)24-17(13(5)26)19(28)23-14(21(30)31)10-11(2)3/h11-17,26H,6-10,22H2,1-5H3,(H,23,28)(H,24,27)(H,30,31). The van der Waals surface area contributed by atoms with Crippen molar-refractivity contribution in [2.24, 2.45) is 17.6 Å². The zero-order valence-corrected chi connectivity index (χ0v) is 19.1. The maximum Gasteiger partial charge on any atom is 0.326 e. The molecular formula is C21H38N4O6. The van der Waals surface area contributed by atoms with E-state index in [1.165, 1.54) is 11.8 Å². The first-order valence-corrected chi connectivity index (χ1v) is 11.0. The Morgan fingerprint density at radius 2 is 1.74 bits per heavy atom. The second kappa shape index (κ2) is 12.0. The molecule has 10 nitrogen and oxygen atoms in total. The Morgan fingerprint density at radius 3 is 2.23 bits per heavy atom. The van der Waals surface area contributed by atoms with Gasteiger partial charge in [0.25, 0.3) is 0 Å². The number of carbonyl (C=O) groups is 4. The van der Waals surface area contributed by atoms with Crippen molar-refractivity contribution in [1.29, 1.82) is 0 Å². The molecule has 1 aliphatic heterocycles. The van der Waals surface area contributed by atoms with E-state index in [1.807, 2.05) is 27.7 Å². The summed E-state index contributed by atoms with van der Waals surface area (Å²) in [4.78, 5) is 51.2. The highest BCUT2D eigenvalue weighted by atomic mass is 16.4. The van der Waals surface area contributed by atoms with Crippen molar-refractivity contribution in [2.45, 2.75) is 90.6 Å². The number of carbonyl (C=O) groups excluding carboxylic acids is 3. The first kappa shape index (κ1) is 26.8. The summed E-state index contributed by atoms with van der Waals surface area (Å²) in [6, 6.07) is -3.99. The number of nitrogens with zero attached hydrogens (tertiary/aromatic N) is 1. The highest BCUT2D eigenvalue weighted by Gasteiger charge is 2.39. The molecule has 0 bridgehead atoms. The number of carboxylic acid groups (broad SMARTS) is 1. The van der Waals surface area contributed by atoms with Gasteiger partial charge in [-0.2, -0.15) is 0 Å². The van der Waals surface area contributed by atoms with Crippen LogP contribution in [-0.2, 0) is 19.2 Å². The summed E-state index contributed by atoms with van der Waals surface area (Å²) in [6.07, 6.45) is 0.718. The summed E-state index contributed by atoms with van der Waals surface area (Å²) < 4.78 is 0. The van der Waals surface area contributed by atoms with Crippen LogP contribution >= 0.6 is 0 Å². The van der Waals surface area contributed by atoms with Crippen molar-refractivity contribution in [3.8, 4) is 0 Å². The van der Waals surface area contributed by atoms with Crippen LogP contribution in [0.25, 0.3) is 0 Å². The summed E-state index contributed by atoms with van der Waals surface area (Å²) >= 11 is 0. The molecule has 0 spiro atoms. The van der Waals surface area contributed by atoms with E-state index in [0.29, 0.717) is 19.4 Å². The molecule has 3 amide bonds. The van der Waals surface area contributed by atoms with Gasteiger partial charge in [-0.15, -0.1) is 0 Å². The topological polar surface area (TPSA) is 162 Å². The molecule has 6 N–H and O–H groups in total. The number of aliphatic hydroxyl groups is 1. The Kier molecular flexibility index (Phi) is 10.4. The number of aliphatic hydroxyl groups excluding tert-OH is 1. The van der Waals surface area contributed by atoms with E-state index in [0.717, 1.165) is 6.42 Å². The minimum atomic E-state index is -1.35. The lowest BCUT2D eigenvalue weighted by Gasteiger charge is -2.30. The van der Waals surface area contributed by atoms with Crippen LogP contribution in [0.5, 0.6) is 0 Å². The molecule has 0 aromatic heterocycles. The fourth-order valence-corrected chi connectivity index (χ4v) is 3.60. The van der Waals surface area contributed by atoms with Gasteiger partial charge in [0.15, 0.2) is 0 Å². The Morgan fingerprint density at radius 1 is 1.13 bits per heavy atom. The molecule has 10 heteroatoms. The molecule has 1 rings (SSSR count). The number of carboxylic acids is 1. The molecule has 0 radical (unpaired) electrons. The van der Waals surface area contributed by atoms with Gasteiger partial charge in [-0.25, -0.2) is 4.79 Å². The third-order valence-electron chi connectivity index (χ3n) is 5.77. The number of aliphatic carboxylic acids is 1. The average molecular weight is 443 g/mol. The predicted octanol–water partition coefficient (Wildman–Crippen LogP) is -0.168. The number of likely N-dealkylation sites (tertiary alicyclic amines) is 1. The maximum atomic E-state index is 12.9. The first-order chi connectivity index (χ1) is 14.4. The van der Waals surface area contributed by atoms with Gasteiger partial charge in [-0.3, -0.25) is 14.4 Å². The fourth-order valence-electron chi connectivity index (χ4n) is 3.60. The molecule has 0 aromatic rings. The third-order valence-corrected chi connectivity index (χ3v) is 5.77. The minimum Gasteiger partial charge on any atom is -0.480 e. The van der Waals surface area contributed by atoms with Crippen LogP contribution in [0.4, 0.5) is 0 Å². The van der Waals surface area contributed by atoms with Gasteiger partial charge in [-0.05, 0) is 38.0 Å². The number of rotatable bonds is 11. The van der Waals surface area contributed by atoms with Crippen molar-refractivity contribution in [3.63, 3.8) is 0 Å². The van der Waals surface area contributed by atoms with Gasteiger partial charge in [-0.1, -0.05) is 34.1 Å². The fraction of sp³-hybridized carbons (Fsp3) is 0.810. The zero-order chi connectivity index (χ0) is 23.9. The highest BCUT2D eigenvalue weighted by molar-refractivity contribution is 5.94. The number of nitrogens with two attached hydrogens (primary N) is 1. The monoisotopic (exact) mass is 442 g/mol. The van der Waals surface area contributed by atoms with Crippen molar-refractivity contribution in [2.75, 3.05) is 6.54 Å². The van der Waals surface area contributed by atoms with Crippen molar-refractivity contribution >= 4 is 23.7 Å². The summed E-state index contributed by atoms with van der Waals surface area (Å²) in [5.41, 5.74) is 6.05. The number of hydrogen-bond donors (Lipinski definition) is 5. The van der Waals surface area contributed by atoms with Crippen molar-refractivity contribution in [1.82, 2.24) is 15.5 Å². The van der Waals surface area contributed by atoms with E-state index < -0.39 is 48.1 Å². The van der Waals surface area contributed by atoms with Crippen LogP contribution in [0.3, 0.4) is 0 Å². The maximum absolute atomic E-state index is 12.9. The normalized spacial score (nSPS) is 21.2. The molecule has 6 unspecified atom stereocenters. The van der Waals surface area contributed by atoms with Gasteiger partial charge in [0.2, 0.25) is 17.7 Å². The Hall–Kier alpha value is -2.20. The van der Waals surface area contributed by atoms with Gasteiger partial charge in [0, 0.05) is 6.54 Å². The number of amides is 3. The van der Waals surface area contributed by atoms with E-state index in [2.05, 4.69) is 10.6 Å². The Labute approximate surface area is 183 Å².